The van der Waals surface area contributed by atoms with Gasteiger partial charge in [0.15, 0.2) is 0 Å². The fourth-order valence-corrected chi connectivity index (χ4v) is 4.61. The maximum absolute atomic E-state index is 14.2. The molecule has 4 rings (SSSR count). The average Bonchev–Trinajstić information content (AvgIpc) is 3.08. The molecule has 5 heteroatoms. The van der Waals surface area contributed by atoms with Gasteiger partial charge in [-0.2, -0.15) is 5.26 Å². The minimum Gasteiger partial charge on any atom is -0.290 e. The van der Waals surface area contributed by atoms with Gasteiger partial charge in [-0.3, -0.25) is 4.90 Å². The lowest BCUT2D eigenvalue weighted by Gasteiger charge is -2.34. The van der Waals surface area contributed by atoms with Gasteiger partial charge in [-0.25, -0.2) is 9.37 Å². The third-order valence-electron chi connectivity index (χ3n) is 4.76. The van der Waals surface area contributed by atoms with Crippen LogP contribution in [0.2, 0.25) is 0 Å². The quantitative estimate of drug-likeness (QED) is 0.664. The van der Waals surface area contributed by atoms with E-state index in [2.05, 4.69) is 17.0 Å². The molecule has 126 valence electrons. The van der Waals surface area contributed by atoms with Crippen molar-refractivity contribution in [1.29, 1.82) is 5.26 Å². The number of likely N-dealkylation sites (tertiary alicyclic amines) is 1. The van der Waals surface area contributed by atoms with Crippen LogP contribution in [0.25, 0.3) is 10.2 Å². The lowest BCUT2D eigenvalue weighted by Crippen LogP contribution is -2.33. The van der Waals surface area contributed by atoms with E-state index in [9.17, 15) is 4.39 Å². The van der Waals surface area contributed by atoms with E-state index in [-0.39, 0.29) is 11.9 Å². The molecule has 1 aliphatic rings. The molecule has 2 heterocycles. The lowest BCUT2D eigenvalue weighted by atomic mass is 10.0. The van der Waals surface area contributed by atoms with Gasteiger partial charge in [0.1, 0.15) is 10.8 Å². The van der Waals surface area contributed by atoms with Crippen LogP contribution in [0.1, 0.15) is 41.4 Å². The van der Waals surface area contributed by atoms with Gasteiger partial charge in [-0.15, -0.1) is 11.3 Å². The van der Waals surface area contributed by atoms with Crippen LogP contribution >= 0.6 is 11.3 Å². The molecule has 0 bridgehead atoms. The van der Waals surface area contributed by atoms with Gasteiger partial charge in [0, 0.05) is 12.1 Å². The number of benzene rings is 2. The molecule has 0 amide bonds. The van der Waals surface area contributed by atoms with Crippen LogP contribution in [0.3, 0.4) is 0 Å². The first-order valence-electron chi connectivity index (χ1n) is 8.52. The highest BCUT2D eigenvalue weighted by atomic mass is 32.1. The zero-order valence-corrected chi connectivity index (χ0v) is 14.6. The molecule has 3 aromatic rings. The molecule has 0 saturated carbocycles. The summed E-state index contributed by atoms with van der Waals surface area (Å²) in [7, 11) is 0. The molecule has 1 saturated heterocycles. The number of thiazole rings is 1. The molecule has 2 aromatic carbocycles. The first-order valence-corrected chi connectivity index (χ1v) is 9.34. The van der Waals surface area contributed by atoms with Crippen molar-refractivity contribution in [2.45, 2.75) is 31.8 Å². The maximum Gasteiger partial charge on any atom is 0.127 e. The van der Waals surface area contributed by atoms with Gasteiger partial charge in [0.2, 0.25) is 0 Å². The standard InChI is InChI=1S/C20H18FN3S/c21-16-9-8-14(12-22)11-15(16)13-24-10-4-3-6-18(24)20-23-17-5-1-2-7-19(17)25-20/h1-2,5,7-9,11,18H,3-4,6,10,13H2/t18-/m0/s1. The van der Waals surface area contributed by atoms with Crippen LogP contribution in [0.5, 0.6) is 0 Å². The van der Waals surface area contributed by atoms with E-state index < -0.39 is 0 Å². The van der Waals surface area contributed by atoms with Crippen molar-refractivity contribution in [1.82, 2.24) is 9.88 Å². The number of fused-ring (bicyclic) bond motifs is 1. The van der Waals surface area contributed by atoms with Gasteiger partial charge in [0.05, 0.1) is 27.9 Å². The highest BCUT2D eigenvalue weighted by Crippen LogP contribution is 2.36. The van der Waals surface area contributed by atoms with E-state index in [0.717, 1.165) is 36.3 Å². The molecule has 0 unspecified atom stereocenters. The zero-order chi connectivity index (χ0) is 17.2. The van der Waals surface area contributed by atoms with Crippen LogP contribution in [-0.2, 0) is 6.54 Å². The summed E-state index contributed by atoms with van der Waals surface area (Å²) in [6.45, 7) is 1.44. The Labute approximate surface area is 150 Å². The Morgan fingerprint density at radius 3 is 2.96 bits per heavy atom. The molecule has 0 N–H and O–H groups in total. The summed E-state index contributed by atoms with van der Waals surface area (Å²) in [6.07, 6.45) is 3.32. The molecular weight excluding hydrogens is 333 g/mol. The Kier molecular flexibility index (Phi) is 4.48. The van der Waals surface area contributed by atoms with Crippen LogP contribution in [0, 0.1) is 17.1 Å². The molecule has 1 aromatic heterocycles. The van der Waals surface area contributed by atoms with E-state index >= 15 is 0 Å². The Morgan fingerprint density at radius 2 is 2.12 bits per heavy atom. The molecule has 1 atom stereocenters. The first-order chi connectivity index (χ1) is 12.2. The van der Waals surface area contributed by atoms with E-state index in [1.165, 1.54) is 16.8 Å². The third-order valence-corrected chi connectivity index (χ3v) is 5.90. The van der Waals surface area contributed by atoms with Gasteiger partial charge >= 0.3 is 0 Å². The smallest absolute Gasteiger partial charge is 0.127 e. The van der Waals surface area contributed by atoms with E-state index in [1.807, 2.05) is 18.2 Å². The topological polar surface area (TPSA) is 39.9 Å². The second kappa shape index (κ2) is 6.91. The van der Waals surface area contributed by atoms with Crippen LogP contribution < -0.4 is 0 Å². The Bertz CT molecular complexity index is 911. The summed E-state index contributed by atoms with van der Waals surface area (Å²) in [5.41, 5.74) is 2.13. The predicted octanol–water partition coefficient (Wildman–Crippen LogP) is 5.03. The summed E-state index contributed by atoms with van der Waals surface area (Å²) in [5, 5.41) is 10.2. The van der Waals surface area contributed by atoms with Crippen molar-refractivity contribution in [3.05, 3.63) is 64.4 Å². The van der Waals surface area contributed by atoms with Crippen molar-refractivity contribution in [3.8, 4) is 6.07 Å². The molecule has 0 aliphatic carbocycles. The zero-order valence-electron chi connectivity index (χ0n) is 13.8. The monoisotopic (exact) mass is 351 g/mol. The number of halogens is 1. The number of aromatic nitrogens is 1. The van der Waals surface area contributed by atoms with Gasteiger partial charge in [0.25, 0.3) is 0 Å². The van der Waals surface area contributed by atoms with Gasteiger partial charge < -0.3 is 0 Å². The third kappa shape index (κ3) is 3.28. The second-order valence-corrected chi connectivity index (χ2v) is 7.48. The van der Waals surface area contributed by atoms with Crippen LogP contribution in [0.4, 0.5) is 4.39 Å². The number of piperidine rings is 1. The highest BCUT2D eigenvalue weighted by Gasteiger charge is 2.27. The normalized spacial score (nSPS) is 18.3. The number of para-hydroxylation sites is 1. The summed E-state index contributed by atoms with van der Waals surface area (Å²) < 4.78 is 15.4. The first kappa shape index (κ1) is 16.2. The molecule has 0 radical (unpaired) electrons. The van der Waals surface area contributed by atoms with Gasteiger partial charge in [-0.1, -0.05) is 18.6 Å². The molecule has 0 spiro atoms. The number of hydrogen-bond acceptors (Lipinski definition) is 4. The number of nitriles is 1. The van der Waals surface area contributed by atoms with Crippen LogP contribution in [-0.4, -0.2) is 16.4 Å². The molecular formula is C20H18FN3S. The van der Waals surface area contributed by atoms with E-state index in [0.29, 0.717) is 17.7 Å². The molecule has 1 aliphatic heterocycles. The highest BCUT2D eigenvalue weighted by molar-refractivity contribution is 7.18. The molecule has 25 heavy (non-hydrogen) atoms. The number of hydrogen-bond donors (Lipinski definition) is 0. The Balaban J connectivity index is 1.64. The largest absolute Gasteiger partial charge is 0.290 e. The summed E-state index contributed by atoms with van der Waals surface area (Å²) >= 11 is 1.73. The summed E-state index contributed by atoms with van der Waals surface area (Å²) in [6, 6.07) is 15.1. The van der Waals surface area contributed by atoms with Crippen LogP contribution in [0.15, 0.2) is 42.5 Å². The fraction of sp³-hybridized carbons (Fsp3) is 0.300. The number of nitrogens with zero attached hydrogens (tertiary/aromatic N) is 3. The minimum absolute atomic E-state index is 0.219. The van der Waals surface area contributed by atoms with Crippen molar-refractivity contribution >= 4 is 21.6 Å². The fourth-order valence-electron chi connectivity index (χ4n) is 3.48. The van der Waals surface area contributed by atoms with Crippen molar-refractivity contribution in [2.24, 2.45) is 0 Å². The molecule has 1 fully saturated rings. The Hall–Kier alpha value is -2.29. The van der Waals surface area contributed by atoms with E-state index in [1.54, 1.807) is 17.4 Å². The molecule has 3 nitrogen and oxygen atoms in total. The van der Waals surface area contributed by atoms with Crippen molar-refractivity contribution < 1.29 is 4.39 Å². The predicted molar refractivity (Wildman–Crippen MR) is 97.7 cm³/mol. The summed E-state index contributed by atoms with van der Waals surface area (Å²) in [4.78, 5) is 7.12. The van der Waals surface area contributed by atoms with Gasteiger partial charge in [-0.05, 0) is 49.7 Å². The number of rotatable bonds is 3. The van der Waals surface area contributed by atoms with Crippen molar-refractivity contribution in [3.63, 3.8) is 0 Å². The Morgan fingerprint density at radius 1 is 1.24 bits per heavy atom. The minimum atomic E-state index is -0.243. The van der Waals surface area contributed by atoms with E-state index in [4.69, 9.17) is 10.2 Å². The lowest BCUT2D eigenvalue weighted by molar-refractivity contribution is 0.138. The second-order valence-electron chi connectivity index (χ2n) is 6.42. The maximum atomic E-state index is 14.2. The average molecular weight is 351 g/mol. The summed E-state index contributed by atoms with van der Waals surface area (Å²) in [5.74, 6) is -0.243. The SMILES string of the molecule is N#Cc1ccc(F)c(CN2CCCC[C@H]2c2nc3ccccc3s2)c1. The van der Waals surface area contributed by atoms with Crippen molar-refractivity contribution in [2.75, 3.05) is 6.54 Å².